The zero-order valence-electron chi connectivity index (χ0n) is 13.4. The number of allylic oxidation sites excluding steroid dienone is 1. The summed E-state index contributed by atoms with van der Waals surface area (Å²) in [5.41, 5.74) is 2.27. The lowest BCUT2D eigenvalue weighted by Gasteiger charge is -2.16. The Labute approximate surface area is 131 Å². The largest absolute Gasteiger partial charge is 0.493 e. The number of methoxy groups -OCH3 is 2. The molecular weight excluding hydrogens is 280 g/mol. The molecule has 2 N–H and O–H groups in total. The fraction of sp³-hybridized carbons (Fsp3) is 0.471. The molecule has 1 aliphatic carbocycles. The Balaban J connectivity index is 1.94. The third kappa shape index (κ3) is 4.16. The minimum Gasteiger partial charge on any atom is -0.493 e. The molecule has 1 atom stereocenters. The Morgan fingerprint density at radius 2 is 1.86 bits per heavy atom. The molecule has 0 heterocycles. The van der Waals surface area contributed by atoms with Gasteiger partial charge in [-0.2, -0.15) is 0 Å². The van der Waals surface area contributed by atoms with Crippen molar-refractivity contribution in [3.63, 3.8) is 0 Å². The molecule has 0 radical (unpaired) electrons. The van der Waals surface area contributed by atoms with Gasteiger partial charge in [0.1, 0.15) is 0 Å². The molecule has 1 aromatic carbocycles. The minimum atomic E-state index is -0.193. The van der Waals surface area contributed by atoms with Crippen molar-refractivity contribution < 1.29 is 14.3 Å². The van der Waals surface area contributed by atoms with Crippen LogP contribution in [0.5, 0.6) is 11.5 Å². The Hall–Kier alpha value is -2.17. The van der Waals surface area contributed by atoms with Crippen LogP contribution in [0.25, 0.3) is 0 Å². The zero-order chi connectivity index (χ0) is 15.9. The Morgan fingerprint density at radius 3 is 2.50 bits per heavy atom. The fourth-order valence-corrected chi connectivity index (χ4v) is 2.58. The number of nitrogens with one attached hydrogen (secondary N) is 2. The van der Waals surface area contributed by atoms with E-state index >= 15 is 0 Å². The van der Waals surface area contributed by atoms with E-state index in [1.807, 2.05) is 31.3 Å². The third-order valence-electron chi connectivity index (χ3n) is 3.91. The summed E-state index contributed by atoms with van der Waals surface area (Å²) in [5.74, 6) is 1.33. The number of hydrogen-bond acceptors (Lipinski definition) is 3. The highest BCUT2D eigenvalue weighted by Crippen LogP contribution is 2.29. The highest BCUT2D eigenvalue weighted by atomic mass is 16.5. The van der Waals surface area contributed by atoms with Crippen LogP contribution in [0.1, 0.15) is 44.2 Å². The van der Waals surface area contributed by atoms with Gasteiger partial charge in [0.2, 0.25) is 0 Å². The van der Waals surface area contributed by atoms with Gasteiger partial charge < -0.3 is 20.1 Å². The molecule has 0 saturated heterocycles. The van der Waals surface area contributed by atoms with Crippen molar-refractivity contribution >= 4 is 6.03 Å². The summed E-state index contributed by atoms with van der Waals surface area (Å²) in [6.07, 6.45) is 6.45. The average Bonchev–Trinajstić information content (AvgIpc) is 3.05. The van der Waals surface area contributed by atoms with Crippen molar-refractivity contribution in [2.75, 3.05) is 14.2 Å². The van der Waals surface area contributed by atoms with Gasteiger partial charge in [-0.3, -0.25) is 0 Å². The molecule has 1 aliphatic rings. The summed E-state index contributed by atoms with van der Waals surface area (Å²) in [4.78, 5) is 11.9. The Bertz CT molecular complexity index is 547. The second-order valence-electron chi connectivity index (χ2n) is 5.46. The van der Waals surface area contributed by atoms with Crippen molar-refractivity contribution in [3.05, 3.63) is 35.5 Å². The van der Waals surface area contributed by atoms with Crippen molar-refractivity contribution in [1.82, 2.24) is 10.6 Å². The van der Waals surface area contributed by atoms with Gasteiger partial charge in [0, 0.05) is 6.20 Å². The number of urea groups is 1. The topological polar surface area (TPSA) is 59.6 Å². The molecule has 0 spiro atoms. The molecule has 5 heteroatoms. The number of carbonyl (C=O) groups is 1. The van der Waals surface area contributed by atoms with Crippen LogP contribution in [-0.4, -0.2) is 20.3 Å². The van der Waals surface area contributed by atoms with Gasteiger partial charge in [-0.05, 0) is 50.3 Å². The molecule has 1 aromatic rings. The lowest BCUT2D eigenvalue weighted by Crippen LogP contribution is -2.34. The Kier molecular flexibility index (Phi) is 5.69. The van der Waals surface area contributed by atoms with Gasteiger partial charge in [0.25, 0.3) is 0 Å². The molecule has 2 rings (SSSR count). The fourth-order valence-electron chi connectivity index (χ4n) is 2.58. The molecular formula is C17H24N2O3. The average molecular weight is 304 g/mol. The van der Waals surface area contributed by atoms with Crippen LogP contribution < -0.4 is 20.1 Å². The van der Waals surface area contributed by atoms with Crippen LogP contribution >= 0.6 is 0 Å². The summed E-state index contributed by atoms with van der Waals surface area (Å²) in [7, 11) is 3.20. The molecule has 1 unspecified atom stereocenters. The number of ether oxygens (including phenoxy) is 2. The van der Waals surface area contributed by atoms with Gasteiger partial charge in [-0.1, -0.05) is 11.6 Å². The van der Waals surface area contributed by atoms with Gasteiger partial charge >= 0.3 is 6.03 Å². The van der Waals surface area contributed by atoms with Gasteiger partial charge in [0.05, 0.1) is 20.3 Å². The lowest BCUT2D eigenvalue weighted by molar-refractivity contribution is 0.241. The van der Waals surface area contributed by atoms with Crippen LogP contribution in [0.2, 0.25) is 0 Å². The molecule has 0 aromatic heterocycles. The first-order valence-electron chi connectivity index (χ1n) is 7.61. The summed E-state index contributed by atoms with van der Waals surface area (Å²) in [5, 5.41) is 5.73. The molecule has 0 bridgehead atoms. The maximum absolute atomic E-state index is 11.9. The summed E-state index contributed by atoms with van der Waals surface area (Å²) in [6.45, 7) is 1.93. The number of benzene rings is 1. The normalized spacial score (nSPS) is 15.1. The first-order chi connectivity index (χ1) is 10.6. The van der Waals surface area contributed by atoms with E-state index in [0.717, 1.165) is 18.4 Å². The maximum Gasteiger partial charge on any atom is 0.319 e. The predicted molar refractivity (Wildman–Crippen MR) is 86.2 cm³/mol. The highest BCUT2D eigenvalue weighted by molar-refractivity contribution is 5.75. The maximum atomic E-state index is 11.9. The van der Waals surface area contributed by atoms with E-state index in [4.69, 9.17) is 9.47 Å². The summed E-state index contributed by atoms with van der Waals surface area (Å²) < 4.78 is 10.5. The van der Waals surface area contributed by atoms with Crippen LogP contribution in [0.3, 0.4) is 0 Å². The molecule has 120 valence electrons. The Morgan fingerprint density at radius 1 is 1.18 bits per heavy atom. The smallest absolute Gasteiger partial charge is 0.319 e. The quantitative estimate of drug-likeness (QED) is 0.875. The van der Waals surface area contributed by atoms with Crippen LogP contribution in [-0.2, 0) is 0 Å². The first-order valence-corrected chi connectivity index (χ1v) is 7.61. The molecule has 1 fully saturated rings. The van der Waals surface area contributed by atoms with Gasteiger partial charge in [-0.15, -0.1) is 0 Å². The first kappa shape index (κ1) is 16.2. The SMILES string of the molecule is COc1ccc(C(C)NC(=O)NC=C2CCCC2)cc1OC. The molecule has 5 nitrogen and oxygen atoms in total. The van der Waals surface area contributed by atoms with Crippen LogP contribution in [0.15, 0.2) is 30.0 Å². The number of amides is 2. The van der Waals surface area contributed by atoms with Gasteiger partial charge in [0.15, 0.2) is 11.5 Å². The minimum absolute atomic E-state index is 0.123. The lowest BCUT2D eigenvalue weighted by atomic mass is 10.1. The molecule has 1 saturated carbocycles. The zero-order valence-corrected chi connectivity index (χ0v) is 13.4. The monoisotopic (exact) mass is 304 g/mol. The van der Waals surface area contributed by atoms with E-state index in [-0.39, 0.29) is 12.1 Å². The van der Waals surface area contributed by atoms with Gasteiger partial charge in [-0.25, -0.2) is 4.79 Å². The van der Waals surface area contributed by atoms with E-state index in [0.29, 0.717) is 11.5 Å². The summed E-state index contributed by atoms with van der Waals surface area (Å²) >= 11 is 0. The van der Waals surface area contributed by atoms with Crippen molar-refractivity contribution in [2.24, 2.45) is 0 Å². The standard InChI is InChI=1S/C17H24N2O3/c1-12(14-8-9-15(21-2)16(10-14)22-3)19-17(20)18-11-13-6-4-5-7-13/h8-12H,4-7H2,1-3H3,(H2,18,19,20). The number of hydrogen-bond donors (Lipinski definition) is 2. The highest BCUT2D eigenvalue weighted by Gasteiger charge is 2.13. The van der Waals surface area contributed by atoms with Crippen molar-refractivity contribution in [1.29, 1.82) is 0 Å². The molecule has 0 aliphatic heterocycles. The van der Waals surface area contributed by atoms with E-state index in [1.165, 1.54) is 18.4 Å². The third-order valence-corrected chi connectivity index (χ3v) is 3.91. The number of rotatable bonds is 5. The van der Waals surface area contributed by atoms with Crippen molar-refractivity contribution in [3.8, 4) is 11.5 Å². The summed E-state index contributed by atoms with van der Waals surface area (Å²) in [6, 6.07) is 5.31. The van der Waals surface area contributed by atoms with Crippen molar-refractivity contribution in [2.45, 2.75) is 38.6 Å². The molecule has 2 amide bonds. The van der Waals surface area contributed by atoms with E-state index in [9.17, 15) is 4.79 Å². The van der Waals surface area contributed by atoms with E-state index < -0.39 is 0 Å². The second-order valence-corrected chi connectivity index (χ2v) is 5.46. The predicted octanol–water partition coefficient (Wildman–Crippen LogP) is 3.52. The van der Waals surface area contributed by atoms with E-state index in [2.05, 4.69) is 10.6 Å². The van der Waals surface area contributed by atoms with Crippen LogP contribution in [0, 0.1) is 0 Å². The number of carbonyl (C=O) groups excluding carboxylic acids is 1. The van der Waals surface area contributed by atoms with Crippen LogP contribution in [0.4, 0.5) is 4.79 Å². The van der Waals surface area contributed by atoms with E-state index in [1.54, 1.807) is 14.2 Å². The molecule has 22 heavy (non-hydrogen) atoms. The second kappa shape index (κ2) is 7.73.